The summed E-state index contributed by atoms with van der Waals surface area (Å²) in [6, 6.07) is 23.2. The van der Waals surface area contributed by atoms with E-state index in [0.717, 1.165) is 118 Å². The Morgan fingerprint density at radius 3 is 1.69 bits per heavy atom. The summed E-state index contributed by atoms with van der Waals surface area (Å²) >= 11 is 5.46. The first-order valence-electron chi connectivity index (χ1n) is 26.6. The van der Waals surface area contributed by atoms with Crippen LogP contribution in [0.25, 0.3) is 21.5 Å². The van der Waals surface area contributed by atoms with Crippen molar-refractivity contribution in [2.75, 3.05) is 115 Å². The molecule has 0 aliphatic carbocycles. The molecule has 0 unspecified atom stereocenters. The van der Waals surface area contributed by atoms with Crippen molar-refractivity contribution >= 4 is 73.7 Å². The molecule has 8 heterocycles. The SMILES string of the molecule is CNc1ccnc(Cl)n1.CNc1ccnc(Nc2ccc3c(c2)C(=O)N(CCN2CCCC2)CC3)n1.CO.Nc1ccc2ccn(CCN3CCCC3)c(=O)c2c1.O=c1c2cc([N+](=O)[O-])ccc2ccn1CCN1CCCC1. The van der Waals surface area contributed by atoms with Gasteiger partial charge in [-0.25, -0.2) is 15.0 Å². The van der Waals surface area contributed by atoms with Gasteiger partial charge in [-0.1, -0.05) is 12.1 Å². The number of benzene rings is 3. The molecule has 4 aromatic heterocycles. The fourth-order valence-corrected chi connectivity index (χ4v) is 9.93. The highest BCUT2D eigenvalue weighted by atomic mass is 35.5. The number of nitrogen functional groups attached to an aromatic ring is 1. The molecule has 3 aromatic carbocycles. The Morgan fingerprint density at radius 1 is 0.628 bits per heavy atom. The smallest absolute Gasteiger partial charge is 0.270 e. The van der Waals surface area contributed by atoms with Crippen LogP contribution in [0.1, 0.15) is 54.4 Å². The van der Waals surface area contributed by atoms with Gasteiger partial charge in [-0.15, -0.1) is 0 Å². The highest BCUT2D eigenvalue weighted by Gasteiger charge is 2.26. The Labute approximate surface area is 459 Å². The number of fused-ring (bicyclic) bond motifs is 3. The number of nitrogens with zero attached hydrogens (tertiary/aromatic N) is 11. The zero-order valence-corrected chi connectivity index (χ0v) is 45.6. The van der Waals surface area contributed by atoms with E-state index in [4.69, 9.17) is 22.4 Å². The Morgan fingerprint density at radius 2 is 1.15 bits per heavy atom. The molecule has 6 N–H and O–H groups in total. The third-order valence-electron chi connectivity index (χ3n) is 14.1. The summed E-state index contributed by atoms with van der Waals surface area (Å²) in [5.74, 6) is 2.12. The van der Waals surface area contributed by atoms with Crippen LogP contribution in [-0.2, 0) is 19.5 Å². The third kappa shape index (κ3) is 16.2. The van der Waals surface area contributed by atoms with Crippen molar-refractivity contribution in [2.24, 2.45) is 0 Å². The molecule has 3 saturated heterocycles. The van der Waals surface area contributed by atoms with Crippen LogP contribution in [0.3, 0.4) is 0 Å². The van der Waals surface area contributed by atoms with E-state index in [1.807, 2.05) is 60.6 Å². The summed E-state index contributed by atoms with van der Waals surface area (Å²) in [6.07, 6.45) is 15.4. The van der Waals surface area contributed by atoms with E-state index in [2.05, 4.69) is 50.6 Å². The Bertz CT molecular complexity index is 3210. The Balaban J connectivity index is 0.000000157. The second-order valence-electron chi connectivity index (χ2n) is 19.2. The predicted octanol–water partition coefficient (Wildman–Crippen LogP) is 6.82. The number of amides is 1. The molecule has 7 aromatic rings. The number of nitro groups is 1. The minimum atomic E-state index is -0.472. The van der Waals surface area contributed by atoms with Crippen molar-refractivity contribution < 1.29 is 14.8 Å². The molecule has 0 atom stereocenters. The number of nitro benzene ring substituents is 1. The van der Waals surface area contributed by atoms with E-state index in [1.165, 1.54) is 63.7 Å². The van der Waals surface area contributed by atoms with Gasteiger partial charge in [-0.3, -0.25) is 24.5 Å². The van der Waals surface area contributed by atoms with E-state index < -0.39 is 4.92 Å². The molecule has 0 radical (unpaired) electrons. The summed E-state index contributed by atoms with van der Waals surface area (Å²) in [5, 5.41) is 29.9. The molecule has 414 valence electrons. The van der Waals surface area contributed by atoms with Gasteiger partial charge < -0.3 is 55.5 Å². The number of anilines is 5. The van der Waals surface area contributed by atoms with Crippen LogP contribution in [0.2, 0.25) is 5.28 Å². The van der Waals surface area contributed by atoms with Gasteiger partial charge in [0, 0.05) is 126 Å². The van der Waals surface area contributed by atoms with E-state index in [1.54, 1.807) is 59.0 Å². The van der Waals surface area contributed by atoms with Gasteiger partial charge in [-0.05, 0) is 167 Å². The van der Waals surface area contributed by atoms with Crippen LogP contribution in [0.4, 0.5) is 34.6 Å². The highest BCUT2D eigenvalue weighted by molar-refractivity contribution is 6.28. The number of hydrogen-bond donors (Lipinski definition) is 5. The molecule has 0 saturated carbocycles. The molecule has 11 rings (SSSR count). The highest BCUT2D eigenvalue weighted by Crippen LogP contribution is 2.25. The summed E-state index contributed by atoms with van der Waals surface area (Å²) in [4.78, 5) is 73.5. The van der Waals surface area contributed by atoms with Crippen molar-refractivity contribution in [2.45, 2.75) is 58.0 Å². The van der Waals surface area contributed by atoms with Gasteiger partial charge in [-0.2, -0.15) is 4.98 Å². The van der Waals surface area contributed by atoms with Gasteiger partial charge in [0.2, 0.25) is 11.2 Å². The lowest BCUT2D eigenvalue weighted by atomic mass is 9.98. The zero-order valence-electron chi connectivity index (χ0n) is 44.8. The number of rotatable bonds is 14. The number of carbonyl (C=O) groups excluding carboxylic acids is 1. The van der Waals surface area contributed by atoms with Gasteiger partial charge >= 0.3 is 0 Å². The van der Waals surface area contributed by atoms with Crippen LogP contribution in [-0.4, -0.2) is 158 Å². The van der Waals surface area contributed by atoms with Crippen LogP contribution in [0.15, 0.2) is 113 Å². The van der Waals surface area contributed by atoms with E-state index >= 15 is 0 Å². The van der Waals surface area contributed by atoms with E-state index in [9.17, 15) is 24.5 Å². The zero-order chi connectivity index (χ0) is 55.4. The van der Waals surface area contributed by atoms with Crippen molar-refractivity contribution in [3.63, 3.8) is 0 Å². The number of aliphatic hydroxyl groups excluding tert-OH is 1. The van der Waals surface area contributed by atoms with Crippen molar-refractivity contribution in [1.29, 1.82) is 0 Å². The van der Waals surface area contributed by atoms with Crippen LogP contribution in [0, 0.1) is 10.1 Å². The van der Waals surface area contributed by atoms with Gasteiger partial charge in [0.25, 0.3) is 22.7 Å². The maximum absolute atomic E-state index is 13.0. The normalized spacial score (nSPS) is 15.2. The summed E-state index contributed by atoms with van der Waals surface area (Å²) in [6.45, 7) is 12.6. The molecular weight excluding hydrogens is 1010 g/mol. The topological polar surface area (TPSA) is 251 Å². The lowest BCUT2D eigenvalue weighted by Crippen LogP contribution is -2.42. The molecule has 21 nitrogen and oxygen atoms in total. The van der Waals surface area contributed by atoms with Crippen LogP contribution >= 0.6 is 11.6 Å². The van der Waals surface area contributed by atoms with Crippen molar-refractivity contribution in [1.82, 2.24) is 48.7 Å². The van der Waals surface area contributed by atoms with Crippen molar-refractivity contribution in [3.8, 4) is 0 Å². The number of hydrogen-bond acceptors (Lipinski definition) is 17. The molecule has 4 aliphatic rings. The quantitative estimate of drug-likeness (QED) is 0.0324. The number of pyridine rings is 2. The van der Waals surface area contributed by atoms with Crippen molar-refractivity contribution in [3.05, 3.63) is 151 Å². The monoisotopic (exact) mass is 1090 g/mol. The molecular formula is C56H72ClN15O6. The number of aromatic nitrogens is 6. The average Bonchev–Trinajstić information content (AvgIpc) is 4.31. The minimum Gasteiger partial charge on any atom is -0.400 e. The fourth-order valence-electron chi connectivity index (χ4n) is 9.78. The number of nitrogens with two attached hydrogens (primary N) is 1. The summed E-state index contributed by atoms with van der Waals surface area (Å²) in [5.41, 5.74) is 9.00. The molecule has 4 aliphatic heterocycles. The minimum absolute atomic E-state index is 0.0445. The number of carbonyl (C=O) groups is 1. The van der Waals surface area contributed by atoms with Gasteiger partial charge in [0.15, 0.2) is 0 Å². The molecule has 3 fully saturated rings. The third-order valence-corrected chi connectivity index (χ3v) is 14.3. The molecule has 0 spiro atoms. The number of aliphatic hydroxyl groups is 1. The first kappa shape index (κ1) is 58.1. The average molecular weight is 1090 g/mol. The number of halogens is 1. The molecule has 0 bridgehead atoms. The summed E-state index contributed by atoms with van der Waals surface area (Å²) < 4.78 is 3.43. The molecule has 22 heteroatoms. The standard InChI is InChI=1S/C20H26N6O.C15H17N3O3.C15H19N3O.C5H6ClN3.CH4O/c1-21-18-6-8-22-20(24-18)23-16-5-4-15-7-11-26(19(27)17(15)14-16)13-12-25-9-2-3-10-25;19-15-14-11-13(18(20)21)4-3-12(14)5-8-17(15)10-9-16-6-1-2-7-16;16-13-4-3-12-5-8-18(15(19)14(12)11-13)10-9-17-6-1-2-7-17;1-7-4-2-3-8-5(6)9-4;1-2/h4-6,8,14H,2-3,7,9-13H2,1H3,(H2,21,22,23,24);3-5,8,11H,1-2,6-7,9-10H2;3-5,8,11H,1-2,6-7,9-10,16H2;2-3H,1H3,(H,7,8,9);2H,1H3. The maximum Gasteiger partial charge on any atom is 0.270 e. The van der Waals surface area contributed by atoms with Crippen LogP contribution in [0.5, 0.6) is 0 Å². The fraction of sp³-hybridized carbons (Fsp3) is 0.411. The Kier molecular flexibility index (Phi) is 21.8. The maximum atomic E-state index is 13.0. The second kappa shape index (κ2) is 29.3. The second-order valence-corrected chi connectivity index (χ2v) is 19.5. The molecule has 78 heavy (non-hydrogen) atoms. The van der Waals surface area contributed by atoms with Crippen LogP contribution < -0.4 is 32.8 Å². The number of non-ortho nitro benzene ring substituents is 1. The first-order chi connectivity index (χ1) is 37.9. The Hall–Kier alpha value is -7.56. The molecule has 1 amide bonds. The van der Waals surface area contributed by atoms with E-state index in [-0.39, 0.29) is 28.0 Å². The van der Waals surface area contributed by atoms with Gasteiger partial charge in [0.05, 0.1) is 10.3 Å². The lowest BCUT2D eigenvalue weighted by molar-refractivity contribution is -0.384. The lowest BCUT2D eigenvalue weighted by Gasteiger charge is -2.30. The van der Waals surface area contributed by atoms with Gasteiger partial charge in [0.1, 0.15) is 11.6 Å². The first-order valence-corrected chi connectivity index (χ1v) is 27.0. The summed E-state index contributed by atoms with van der Waals surface area (Å²) in [7, 11) is 4.60. The number of likely N-dealkylation sites (tertiary alicyclic amines) is 3. The number of nitrogens with one attached hydrogen (secondary N) is 3. The largest absolute Gasteiger partial charge is 0.400 e. The van der Waals surface area contributed by atoms with E-state index in [0.29, 0.717) is 29.0 Å². The predicted molar refractivity (Wildman–Crippen MR) is 310 cm³/mol.